The molecule has 0 amide bonds. The van der Waals surface area contributed by atoms with Crippen LogP contribution in [0.25, 0.3) is 0 Å². The van der Waals surface area contributed by atoms with Crippen molar-refractivity contribution in [3.8, 4) is 0 Å². The zero-order chi connectivity index (χ0) is 11.1. The average molecular weight is 223 g/mol. The summed E-state index contributed by atoms with van der Waals surface area (Å²) in [6.07, 6.45) is 1.22. The maximum atomic E-state index is 3.49. The second kappa shape index (κ2) is 6.19. The first-order chi connectivity index (χ1) is 7.08. The summed E-state index contributed by atoms with van der Waals surface area (Å²) in [5.74, 6) is 1.19. The number of hydrogen-bond donors (Lipinski definition) is 1. The molecule has 0 saturated heterocycles. The summed E-state index contributed by atoms with van der Waals surface area (Å²) in [5.41, 5.74) is 0.247. The van der Waals surface area contributed by atoms with Crippen LogP contribution in [0.1, 0.15) is 27.2 Å². The highest BCUT2D eigenvalue weighted by molar-refractivity contribution is 7.99. The van der Waals surface area contributed by atoms with Crippen LogP contribution in [0.15, 0.2) is 35.2 Å². The lowest BCUT2D eigenvalue weighted by Crippen LogP contribution is -2.36. The van der Waals surface area contributed by atoms with Crippen molar-refractivity contribution in [3.63, 3.8) is 0 Å². The van der Waals surface area contributed by atoms with Crippen LogP contribution in [0.5, 0.6) is 0 Å². The Morgan fingerprint density at radius 2 is 1.80 bits per heavy atom. The second-order valence-electron chi connectivity index (χ2n) is 4.69. The van der Waals surface area contributed by atoms with Gasteiger partial charge in [0.1, 0.15) is 0 Å². The Labute approximate surface area is 97.7 Å². The molecule has 1 aromatic carbocycles. The lowest BCUT2D eigenvalue weighted by Gasteiger charge is -2.20. The molecule has 1 rings (SSSR count). The molecule has 15 heavy (non-hydrogen) atoms. The summed E-state index contributed by atoms with van der Waals surface area (Å²) in [6, 6.07) is 10.6. The topological polar surface area (TPSA) is 12.0 Å². The summed E-state index contributed by atoms with van der Waals surface area (Å²) in [6.45, 7) is 7.72. The van der Waals surface area contributed by atoms with Crippen molar-refractivity contribution in [2.24, 2.45) is 0 Å². The Bertz CT molecular complexity index is 264. The van der Waals surface area contributed by atoms with Crippen molar-refractivity contribution >= 4 is 11.8 Å². The van der Waals surface area contributed by atoms with Crippen LogP contribution in [0.2, 0.25) is 0 Å². The van der Waals surface area contributed by atoms with Crippen LogP contribution in [0.3, 0.4) is 0 Å². The number of thioether (sulfide) groups is 1. The van der Waals surface area contributed by atoms with E-state index in [1.165, 1.54) is 17.1 Å². The quantitative estimate of drug-likeness (QED) is 0.605. The first kappa shape index (κ1) is 12.6. The van der Waals surface area contributed by atoms with E-state index in [9.17, 15) is 0 Å². The SMILES string of the molecule is CC(C)(C)NCCCSc1ccccc1. The highest BCUT2D eigenvalue weighted by Gasteiger charge is 2.06. The molecular weight excluding hydrogens is 202 g/mol. The normalized spacial score (nSPS) is 11.7. The fourth-order valence-electron chi connectivity index (χ4n) is 1.24. The predicted octanol–water partition coefficient (Wildman–Crippen LogP) is 3.56. The van der Waals surface area contributed by atoms with Crippen LogP contribution in [-0.2, 0) is 0 Å². The molecule has 1 aromatic rings. The van der Waals surface area contributed by atoms with Crippen molar-refractivity contribution in [2.75, 3.05) is 12.3 Å². The van der Waals surface area contributed by atoms with E-state index in [4.69, 9.17) is 0 Å². The largest absolute Gasteiger partial charge is 0.312 e. The number of rotatable bonds is 5. The van der Waals surface area contributed by atoms with Gasteiger partial charge < -0.3 is 5.32 Å². The minimum atomic E-state index is 0.247. The van der Waals surface area contributed by atoms with E-state index in [0.29, 0.717) is 0 Å². The molecule has 0 fully saturated rings. The van der Waals surface area contributed by atoms with E-state index in [1.54, 1.807) is 0 Å². The van der Waals surface area contributed by atoms with Crippen LogP contribution in [0, 0.1) is 0 Å². The maximum absolute atomic E-state index is 3.49. The van der Waals surface area contributed by atoms with E-state index in [1.807, 2.05) is 11.8 Å². The summed E-state index contributed by atoms with van der Waals surface area (Å²) >= 11 is 1.93. The molecule has 0 aliphatic rings. The monoisotopic (exact) mass is 223 g/mol. The molecule has 0 aliphatic carbocycles. The van der Waals surface area contributed by atoms with E-state index >= 15 is 0 Å². The molecule has 0 heterocycles. The van der Waals surface area contributed by atoms with Crippen LogP contribution >= 0.6 is 11.8 Å². The van der Waals surface area contributed by atoms with Gasteiger partial charge in [-0.25, -0.2) is 0 Å². The van der Waals surface area contributed by atoms with Crippen molar-refractivity contribution in [1.82, 2.24) is 5.32 Å². The predicted molar refractivity (Wildman–Crippen MR) is 69.5 cm³/mol. The highest BCUT2D eigenvalue weighted by atomic mass is 32.2. The van der Waals surface area contributed by atoms with E-state index in [-0.39, 0.29) is 5.54 Å². The number of benzene rings is 1. The van der Waals surface area contributed by atoms with Crippen molar-refractivity contribution in [2.45, 2.75) is 37.6 Å². The third kappa shape index (κ3) is 6.58. The average Bonchev–Trinajstić information content (AvgIpc) is 2.17. The van der Waals surface area contributed by atoms with Crippen molar-refractivity contribution < 1.29 is 0 Å². The molecule has 0 radical (unpaired) electrons. The zero-order valence-corrected chi connectivity index (χ0v) is 10.7. The van der Waals surface area contributed by atoms with Gasteiger partial charge in [-0.05, 0) is 51.6 Å². The summed E-state index contributed by atoms with van der Waals surface area (Å²) in [5, 5.41) is 3.49. The molecule has 1 N–H and O–H groups in total. The molecule has 0 aliphatic heterocycles. The molecule has 84 valence electrons. The smallest absolute Gasteiger partial charge is 0.00965 e. The van der Waals surface area contributed by atoms with Gasteiger partial charge in [0.25, 0.3) is 0 Å². The first-order valence-corrected chi connectivity index (χ1v) is 6.49. The molecule has 0 saturated carbocycles. The molecule has 0 spiro atoms. The number of nitrogens with one attached hydrogen (secondary N) is 1. The highest BCUT2D eigenvalue weighted by Crippen LogP contribution is 2.17. The zero-order valence-electron chi connectivity index (χ0n) is 9.92. The van der Waals surface area contributed by atoms with Crippen LogP contribution in [0.4, 0.5) is 0 Å². The van der Waals surface area contributed by atoms with Gasteiger partial charge >= 0.3 is 0 Å². The molecule has 0 bridgehead atoms. The summed E-state index contributed by atoms with van der Waals surface area (Å²) < 4.78 is 0. The Morgan fingerprint density at radius 3 is 2.40 bits per heavy atom. The number of hydrogen-bond acceptors (Lipinski definition) is 2. The third-order valence-electron chi connectivity index (χ3n) is 1.99. The molecule has 0 aromatic heterocycles. The van der Waals surface area contributed by atoms with E-state index in [0.717, 1.165) is 6.54 Å². The van der Waals surface area contributed by atoms with Gasteiger partial charge in [0.05, 0.1) is 0 Å². The van der Waals surface area contributed by atoms with Gasteiger partial charge in [-0.2, -0.15) is 0 Å². The maximum Gasteiger partial charge on any atom is 0.00965 e. The molecule has 0 atom stereocenters. The summed E-state index contributed by atoms with van der Waals surface area (Å²) in [4.78, 5) is 1.37. The fraction of sp³-hybridized carbons (Fsp3) is 0.538. The van der Waals surface area contributed by atoms with E-state index < -0.39 is 0 Å². The minimum absolute atomic E-state index is 0.247. The van der Waals surface area contributed by atoms with Crippen molar-refractivity contribution in [3.05, 3.63) is 30.3 Å². The minimum Gasteiger partial charge on any atom is -0.312 e. The standard InChI is InChI=1S/C13H21NS/c1-13(2,3)14-10-7-11-15-12-8-5-4-6-9-12/h4-6,8-9,14H,7,10-11H2,1-3H3. The molecule has 0 unspecified atom stereocenters. The van der Waals surface area contributed by atoms with Crippen molar-refractivity contribution in [1.29, 1.82) is 0 Å². The second-order valence-corrected chi connectivity index (χ2v) is 5.86. The third-order valence-corrected chi connectivity index (χ3v) is 3.09. The van der Waals surface area contributed by atoms with E-state index in [2.05, 4.69) is 56.4 Å². The molecular formula is C13H21NS. The van der Waals surface area contributed by atoms with Gasteiger partial charge in [-0.15, -0.1) is 11.8 Å². The Kier molecular flexibility index (Phi) is 5.20. The Balaban J connectivity index is 2.08. The van der Waals surface area contributed by atoms with Gasteiger partial charge in [0.2, 0.25) is 0 Å². The van der Waals surface area contributed by atoms with Crippen LogP contribution < -0.4 is 5.32 Å². The summed E-state index contributed by atoms with van der Waals surface area (Å²) in [7, 11) is 0. The van der Waals surface area contributed by atoms with Gasteiger partial charge in [-0.1, -0.05) is 18.2 Å². The Morgan fingerprint density at radius 1 is 1.13 bits per heavy atom. The first-order valence-electron chi connectivity index (χ1n) is 5.51. The fourth-order valence-corrected chi connectivity index (χ4v) is 2.12. The van der Waals surface area contributed by atoms with Gasteiger partial charge in [-0.3, -0.25) is 0 Å². The van der Waals surface area contributed by atoms with Crippen LogP contribution in [-0.4, -0.2) is 17.8 Å². The Hall–Kier alpha value is -0.470. The lowest BCUT2D eigenvalue weighted by atomic mass is 10.1. The molecule has 1 nitrogen and oxygen atoms in total. The van der Waals surface area contributed by atoms with Gasteiger partial charge in [0.15, 0.2) is 0 Å². The lowest BCUT2D eigenvalue weighted by molar-refractivity contribution is 0.427. The van der Waals surface area contributed by atoms with Gasteiger partial charge in [0, 0.05) is 10.4 Å². The molecule has 2 heteroatoms.